The molecular weight excluding hydrogens is 288 g/mol. The molecule has 2 saturated heterocycles. The molecule has 0 radical (unpaired) electrons. The molecule has 2 aliphatic heterocycles. The van der Waals surface area contributed by atoms with E-state index in [9.17, 15) is 4.79 Å². The zero-order valence-corrected chi connectivity index (χ0v) is 14.3. The summed E-state index contributed by atoms with van der Waals surface area (Å²) in [6.45, 7) is 2.29. The molecule has 1 unspecified atom stereocenters. The van der Waals surface area contributed by atoms with E-state index in [2.05, 4.69) is 6.92 Å². The third-order valence-corrected chi connectivity index (χ3v) is 9.54. The van der Waals surface area contributed by atoms with Gasteiger partial charge in [0.2, 0.25) is 0 Å². The lowest BCUT2D eigenvalue weighted by atomic mass is 9.48. The third kappa shape index (κ3) is 1.31. The Kier molecular flexibility index (Phi) is 2.33. The third-order valence-electron chi connectivity index (χ3n) is 9.54. The zero-order chi connectivity index (χ0) is 15.6. The number of ketones is 1. The topological polar surface area (TPSA) is 35.5 Å². The van der Waals surface area contributed by atoms with E-state index in [1.807, 2.05) is 7.11 Å². The monoisotopic (exact) mass is 316 g/mol. The van der Waals surface area contributed by atoms with Crippen LogP contribution >= 0.6 is 0 Å². The first-order chi connectivity index (χ1) is 11.1. The summed E-state index contributed by atoms with van der Waals surface area (Å²) in [5.41, 5.74) is 0.497. The van der Waals surface area contributed by atoms with Gasteiger partial charge in [0.1, 0.15) is 5.78 Å². The average Bonchev–Trinajstić information content (AvgIpc) is 2.87. The molecule has 0 aromatic carbocycles. The van der Waals surface area contributed by atoms with Crippen molar-refractivity contribution in [1.82, 2.24) is 0 Å². The smallest absolute Gasteiger partial charge is 0.168 e. The van der Waals surface area contributed by atoms with Crippen LogP contribution in [0.25, 0.3) is 0 Å². The maximum atomic E-state index is 12.5. The van der Waals surface area contributed by atoms with Crippen LogP contribution in [0.4, 0.5) is 0 Å². The van der Waals surface area contributed by atoms with Crippen LogP contribution < -0.4 is 0 Å². The fourth-order valence-corrected chi connectivity index (χ4v) is 8.60. The standard InChI is InChI=1S/C20H28O3/c1-18-8-7-14-12(13(18)5-6-16(18)21)4-3-11-9-19(22-2)10-15-17(23-19)20(11,14)15/h11-15,17H,3-10H2,1-2H3/t11-,12-,13-,14-,15-,17?,18-,19+,20+/m0/s1. The first-order valence-corrected chi connectivity index (χ1v) is 9.81. The minimum Gasteiger partial charge on any atom is -0.353 e. The Morgan fingerprint density at radius 3 is 2.70 bits per heavy atom. The molecule has 5 aliphatic carbocycles. The quantitative estimate of drug-likeness (QED) is 0.742. The van der Waals surface area contributed by atoms with Gasteiger partial charge in [0.15, 0.2) is 5.79 Å². The Hall–Kier alpha value is -0.410. The molecule has 4 bridgehead atoms. The molecule has 0 aromatic rings. The van der Waals surface area contributed by atoms with Crippen LogP contribution in [0.2, 0.25) is 0 Å². The molecule has 7 rings (SSSR count). The highest BCUT2D eigenvalue weighted by molar-refractivity contribution is 5.87. The normalized spacial score (nSPS) is 65.0. The van der Waals surface area contributed by atoms with Gasteiger partial charge in [-0.2, -0.15) is 0 Å². The number of rotatable bonds is 1. The Balaban J connectivity index is 1.37. The summed E-state index contributed by atoms with van der Waals surface area (Å²) < 4.78 is 12.2. The molecular formula is C20H28O3. The molecule has 0 N–H and O–H groups in total. The van der Waals surface area contributed by atoms with Gasteiger partial charge in [-0.3, -0.25) is 4.79 Å². The van der Waals surface area contributed by atoms with Gasteiger partial charge in [-0.25, -0.2) is 0 Å². The minimum absolute atomic E-state index is 0.0143. The van der Waals surface area contributed by atoms with E-state index in [0.717, 1.165) is 55.8 Å². The molecule has 5 saturated carbocycles. The van der Waals surface area contributed by atoms with Crippen LogP contribution in [0, 0.1) is 40.4 Å². The van der Waals surface area contributed by atoms with Gasteiger partial charge in [0.25, 0.3) is 0 Å². The van der Waals surface area contributed by atoms with Crippen LogP contribution in [0.3, 0.4) is 0 Å². The maximum Gasteiger partial charge on any atom is 0.168 e. The summed E-state index contributed by atoms with van der Waals surface area (Å²) in [6, 6.07) is 0. The number of Topliss-reactive ketones (excluding diaryl/α,β-unsaturated/α-hetero) is 1. The van der Waals surface area contributed by atoms with Crippen molar-refractivity contribution in [2.24, 2.45) is 40.4 Å². The van der Waals surface area contributed by atoms with Gasteiger partial charge < -0.3 is 9.47 Å². The lowest BCUT2D eigenvalue weighted by Gasteiger charge is -2.58. The van der Waals surface area contributed by atoms with Crippen LogP contribution in [0.15, 0.2) is 0 Å². The number of carbonyl (C=O) groups excluding carboxylic acids is 1. The van der Waals surface area contributed by atoms with E-state index in [1.54, 1.807) is 0 Å². The second kappa shape index (κ2) is 3.88. The van der Waals surface area contributed by atoms with Gasteiger partial charge in [-0.05, 0) is 61.7 Å². The van der Waals surface area contributed by atoms with Gasteiger partial charge in [0.05, 0.1) is 6.10 Å². The molecule has 2 heterocycles. The Bertz CT molecular complexity index is 586. The van der Waals surface area contributed by atoms with E-state index in [0.29, 0.717) is 23.2 Å². The molecule has 9 atom stereocenters. The number of ether oxygens (including phenoxy) is 2. The number of carbonyl (C=O) groups is 1. The maximum absolute atomic E-state index is 12.5. The molecule has 126 valence electrons. The first kappa shape index (κ1) is 13.8. The zero-order valence-electron chi connectivity index (χ0n) is 14.3. The molecule has 0 aromatic heterocycles. The van der Waals surface area contributed by atoms with E-state index in [-0.39, 0.29) is 11.2 Å². The average molecular weight is 316 g/mol. The molecule has 1 spiro atoms. The van der Waals surface area contributed by atoms with Crippen LogP contribution in [0.5, 0.6) is 0 Å². The van der Waals surface area contributed by atoms with Crippen molar-refractivity contribution in [3.05, 3.63) is 0 Å². The molecule has 23 heavy (non-hydrogen) atoms. The van der Waals surface area contributed by atoms with E-state index >= 15 is 0 Å². The van der Waals surface area contributed by atoms with Crippen molar-refractivity contribution < 1.29 is 14.3 Å². The van der Waals surface area contributed by atoms with Crippen LogP contribution in [-0.2, 0) is 14.3 Å². The minimum atomic E-state index is -0.235. The Labute approximate surface area is 138 Å². The number of fused-ring (bicyclic) bond motifs is 3. The second-order valence-electron chi connectivity index (χ2n) is 9.74. The van der Waals surface area contributed by atoms with Crippen molar-refractivity contribution in [2.75, 3.05) is 7.11 Å². The summed E-state index contributed by atoms with van der Waals surface area (Å²) in [7, 11) is 1.83. The van der Waals surface area contributed by atoms with Crippen LogP contribution in [0.1, 0.15) is 58.3 Å². The summed E-state index contributed by atoms with van der Waals surface area (Å²) in [5.74, 6) is 4.20. The molecule has 7 aliphatic rings. The van der Waals surface area contributed by atoms with Crippen molar-refractivity contribution >= 4 is 5.78 Å². The van der Waals surface area contributed by atoms with E-state index in [1.165, 1.54) is 19.3 Å². The highest BCUT2D eigenvalue weighted by Crippen LogP contribution is 2.82. The SMILES string of the molecule is CO[C@]12C[C@@H]3CC[C@@H]4[C@H](CC[C@]5(C)C(=O)CC[C@@H]45)[C@]34C(O1)[C@@H]4C2. The Morgan fingerprint density at radius 2 is 1.96 bits per heavy atom. The first-order valence-electron chi connectivity index (χ1n) is 9.81. The lowest BCUT2D eigenvalue weighted by Crippen LogP contribution is -2.56. The van der Waals surface area contributed by atoms with Crippen molar-refractivity contribution in [1.29, 1.82) is 0 Å². The highest BCUT2D eigenvalue weighted by atomic mass is 16.7. The van der Waals surface area contributed by atoms with Gasteiger partial charge in [-0.15, -0.1) is 0 Å². The Morgan fingerprint density at radius 1 is 1.09 bits per heavy atom. The highest BCUT2D eigenvalue weighted by Gasteiger charge is 2.84. The van der Waals surface area contributed by atoms with Crippen molar-refractivity contribution in [3.63, 3.8) is 0 Å². The summed E-state index contributed by atoms with van der Waals surface area (Å²) in [6.07, 6.45) is 9.86. The predicted octanol–water partition coefficient (Wildman–Crippen LogP) is 3.56. The lowest BCUT2D eigenvalue weighted by molar-refractivity contribution is -0.281. The summed E-state index contributed by atoms with van der Waals surface area (Å²) >= 11 is 0. The van der Waals surface area contributed by atoms with E-state index < -0.39 is 0 Å². The number of hydrogen-bond donors (Lipinski definition) is 0. The van der Waals surface area contributed by atoms with E-state index in [4.69, 9.17) is 9.47 Å². The van der Waals surface area contributed by atoms with Gasteiger partial charge in [-0.1, -0.05) is 6.92 Å². The van der Waals surface area contributed by atoms with Crippen molar-refractivity contribution in [2.45, 2.75) is 70.2 Å². The fraction of sp³-hybridized carbons (Fsp3) is 0.950. The predicted molar refractivity (Wildman–Crippen MR) is 84.5 cm³/mol. The number of methoxy groups -OCH3 is 1. The van der Waals surface area contributed by atoms with Gasteiger partial charge in [0, 0.05) is 37.2 Å². The summed E-state index contributed by atoms with van der Waals surface area (Å²) in [4.78, 5) is 12.5. The number of hydrogen-bond acceptors (Lipinski definition) is 3. The van der Waals surface area contributed by atoms with Crippen LogP contribution in [-0.4, -0.2) is 24.8 Å². The largest absolute Gasteiger partial charge is 0.353 e. The second-order valence-corrected chi connectivity index (χ2v) is 9.74. The summed E-state index contributed by atoms with van der Waals surface area (Å²) in [5, 5.41) is 0. The fourth-order valence-electron chi connectivity index (χ4n) is 8.60. The molecule has 3 nitrogen and oxygen atoms in total. The molecule has 3 heteroatoms. The van der Waals surface area contributed by atoms with Crippen molar-refractivity contribution in [3.8, 4) is 0 Å². The molecule has 7 fully saturated rings. The van der Waals surface area contributed by atoms with Gasteiger partial charge >= 0.3 is 0 Å². The molecule has 0 amide bonds.